The zero-order valence-electron chi connectivity index (χ0n) is 8.00. The molecule has 0 aliphatic heterocycles. The summed E-state index contributed by atoms with van der Waals surface area (Å²) in [4.78, 5) is 0. The van der Waals surface area contributed by atoms with Gasteiger partial charge in [0.05, 0.1) is 0 Å². The highest BCUT2D eigenvalue weighted by Gasteiger charge is 2.44. The zero-order chi connectivity index (χ0) is 8.55. The molecule has 0 aromatic rings. The number of hydrogen-bond donors (Lipinski definition) is 1. The summed E-state index contributed by atoms with van der Waals surface area (Å²) < 4.78 is 0. The Morgan fingerprint density at radius 2 is 1.75 bits per heavy atom. The van der Waals surface area contributed by atoms with Gasteiger partial charge < -0.3 is 5.11 Å². The van der Waals surface area contributed by atoms with Crippen molar-refractivity contribution in [1.82, 2.24) is 0 Å². The van der Waals surface area contributed by atoms with E-state index in [0.717, 1.165) is 17.8 Å². The highest BCUT2D eigenvalue weighted by Crippen LogP contribution is 2.52. The van der Waals surface area contributed by atoms with Crippen LogP contribution in [0.5, 0.6) is 0 Å². The van der Waals surface area contributed by atoms with Crippen molar-refractivity contribution in [2.24, 2.45) is 23.7 Å². The third-order valence-corrected chi connectivity index (χ3v) is 3.64. The van der Waals surface area contributed by atoms with Crippen molar-refractivity contribution in [3.8, 4) is 0 Å². The highest BCUT2D eigenvalue weighted by atomic mass is 16.3. The van der Waals surface area contributed by atoms with Crippen LogP contribution in [-0.2, 0) is 0 Å². The summed E-state index contributed by atoms with van der Waals surface area (Å²) in [6.45, 7) is 2.72. The molecule has 1 heteroatoms. The van der Waals surface area contributed by atoms with Gasteiger partial charge in [0.1, 0.15) is 0 Å². The Bertz CT molecular complexity index is 155. The number of aliphatic hydroxyl groups is 1. The van der Waals surface area contributed by atoms with E-state index in [-0.39, 0.29) is 0 Å². The molecule has 4 unspecified atom stereocenters. The molecule has 4 atom stereocenters. The lowest BCUT2D eigenvalue weighted by atomic mass is 10.1. The minimum Gasteiger partial charge on any atom is -0.396 e. The van der Waals surface area contributed by atoms with E-state index < -0.39 is 0 Å². The van der Waals surface area contributed by atoms with Crippen molar-refractivity contribution in [3.05, 3.63) is 0 Å². The van der Waals surface area contributed by atoms with Gasteiger partial charge in [0.15, 0.2) is 0 Å². The summed E-state index contributed by atoms with van der Waals surface area (Å²) in [7, 11) is 0. The molecule has 0 aromatic carbocycles. The molecule has 0 saturated heterocycles. The maximum atomic E-state index is 8.88. The maximum absolute atomic E-state index is 8.88. The van der Waals surface area contributed by atoms with Gasteiger partial charge in [-0.2, -0.15) is 0 Å². The third kappa shape index (κ3) is 1.82. The van der Waals surface area contributed by atoms with E-state index in [0.29, 0.717) is 12.5 Å². The molecule has 2 rings (SSSR count). The van der Waals surface area contributed by atoms with Crippen molar-refractivity contribution in [3.63, 3.8) is 0 Å². The molecule has 0 amide bonds. The smallest absolute Gasteiger partial charge is 0.0462 e. The summed E-state index contributed by atoms with van der Waals surface area (Å²) >= 11 is 0. The van der Waals surface area contributed by atoms with Crippen LogP contribution in [0.25, 0.3) is 0 Å². The first-order valence-corrected chi connectivity index (χ1v) is 5.46. The fraction of sp³-hybridized carbons (Fsp3) is 1.00. The minimum absolute atomic E-state index is 0.440. The largest absolute Gasteiger partial charge is 0.396 e. The lowest BCUT2D eigenvalue weighted by Crippen LogP contribution is -1.91. The molecule has 70 valence electrons. The van der Waals surface area contributed by atoms with Crippen LogP contribution in [0.2, 0.25) is 0 Å². The average molecular weight is 168 g/mol. The fourth-order valence-electron chi connectivity index (χ4n) is 2.53. The van der Waals surface area contributed by atoms with Crippen LogP contribution in [0.15, 0.2) is 0 Å². The van der Waals surface area contributed by atoms with Gasteiger partial charge in [0.2, 0.25) is 0 Å². The highest BCUT2D eigenvalue weighted by molar-refractivity contribution is 4.94. The average Bonchev–Trinajstić information content (AvgIpc) is 2.93. The van der Waals surface area contributed by atoms with E-state index in [1.165, 1.54) is 32.1 Å². The Morgan fingerprint density at radius 3 is 2.33 bits per heavy atom. The van der Waals surface area contributed by atoms with Crippen molar-refractivity contribution in [2.75, 3.05) is 6.61 Å². The number of aliphatic hydroxyl groups excluding tert-OH is 1. The predicted octanol–water partition coefficient (Wildman–Crippen LogP) is 2.44. The molecule has 12 heavy (non-hydrogen) atoms. The van der Waals surface area contributed by atoms with Gasteiger partial charge in [-0.05, 0) is 42.9 Å². The molecule has 0 bridgehead atoms. The lowest BCUT2D eigenvalue weighted by Gasteiger charge is -1.97. The van der Waals surface area contributed by atoms with Crippen molar-refractivity contribution in [2.45, 2.75) is 39.0 Å². The Labute approximate surface area is 75.2 Å². The SMILES string of the molecule is CCCC1CC1CC1CC1CO. The van der Waals surface area contributed by atoms with E-state index in [4.69, 9.17) is 5.11 Å². The third-order valence-electron chi connectivity index (χ3n) is 3.64. The Hall–Kier alpha value is -0.0400. The van der Waals surface area contributed by atoms with Crippen molar-refractivity contribution < 1.29 is 5.11 Å². The molecule has 2 aliphatic rings. The van der Waals surface area contributed by atoms with Gasteiger partial charge in [0, 0.05) is 6.61 Å². The van der Waals surface area contributed by atoms with Crippen LogP contribution in [0.4, 0.5) is 0 Å². The van der Waals surface area contributed by atoms with Gasteiger partial charge in [-0.25, -0.2) is 0 Å². The van der Waals surface area contributed by atoms with Gasteiger partial charge >= 0.3 is 0 Å². The van der Waals surface area contributed by atoms with Crippen LogP contribution in [0.1, 0.15) is 39.0 Å². The van der Waals surface area contributed by atoms with Crippen LogP contribution < -0.4 is 0 Å². The number of rotatable bonds is 5. The first-order chi connectivity index (χ1) is 5.85. The quantitative estimate of drug-likeness (QED) is 0.668. The zero-order valence-corrected chi connectivity index (χ0v) is 8.00. The second-order valence-electron chi connectivity index (χ2n) is 4.72. The molecular weight excluding hydrogens is 148 g/mol. The van der Waals surface area contributed by atoms with Gasteiger partial charge in [-0.3, -0.25) is 0 Å². The van der Waals surface area contributed by atoms with E-state index in [9.17, 15) is 0 Å². The Balaban J connectivity index is 1.59. The molecule has 0 heterocycles. The summed E-state index contributed by atoms with van der Waals surface area (Å²) in [5, 5.41) is 8.88. The van der Waals surface area contributed by atoms with E-state index >= 15 is 0 Å². The molecule has 0 radical (unpaired) electrons. The van der Waals surface area contributed by atoms with Crippen LogP contribution in [0.3, 0.4) is 0 Å². The predicted molar refractivity (Wildman–Crippen MR) is 49.8 cm³/mol. The minimum atomic E-state index is 0.440. The van der Waals surface area contributed by atoms with Crippen LogP contribution in [-0.4, -0.2) is 11.7 Å². The van der Waals surface area contributed by atoms with E-state index in [1.54, 1.807) is 0 Å². The van der Waals surface area contributed by atoms with Gasteiger partial charge in [-0.15, -0.1) is 0 Å². The second kappa shape index (κ2) is 3.37. The van der Waals surface area contributed by atoms with Crippen molar-refractivity contribution in [1.29, 1.82) is 0 Å². The number of hydrogen-bond acceptors (Lipinski definition) is 1. The monoisotopic (exact) mass is 168 g/mol. The first kappa shape index (κ1) is 8.55. The summed E-state index contributed by atoms with van der Waals surface area (Å²) in [6.07, 6.45) is 7.03. The Morgan fingerprint density at radius 1 is 1.08 bits per heavy atom. The topological polar surface area (TPSA) is 20.2 Å². The first-order valence-electron chi connectivity index (χ1n) is 5.46. The van der Waals surface area contributed by atoms with E-state index in [2.05, 4.69) is 6.92 Å². The van der Waals surface area contributed by atoms with Crippen LogP contribution in [0, 0.1) is 23.7 Å². The molecule has 0 spiro atoms. The van der Waals surface area contributed by atoms with Crippen molar-refractivity contribution >= 4 is 0 Å². The molecule has 1 nitrogen and oxygen atoms in total. The molecule has 2 fully saturated rings. The molecule has 0 aromatic heterocycles. The standard InChI is InChI=1S/C11H20O/c1-2-3-8-4-9(8)5-10-6-11(10)7-12/h8-12H,2-7H2,1H3. The van der Waals surface area contributed by atoms with Gasteiger partial charge in [-0.1, -0.05) is 19.8 Å². The molecule has 2 aliphatic carbocycles. The van der Waals surface area contributed by atoms with Gasteiger partial charge in [0.25, 0.3) is 0 Å². The molecular formula is C11H20O. The molecule has 1 N–H and O–H groups in total. The Kier molecular flexibility index (Phi) is 2.40. The molecule has 2 saturated carbocycles. The normalized spacial score (nSPS) is 44.5. The summed E-state index contributed by atoms with van der Waals surface area (Å²) in [5.41, 5.74) is 0. The fourth-order valence-corrected chi connectivity index (χ4v) is 2.53. The summed E-state index contributed by atoms with van der Waals surface area (Å²) in [5.74, 6) is 3.70. The maximum Gasteiger partial charge on any atom is 0.0462 e. The summed E-state index contributed by atoms with van der Waals surface area (Å²) in [6, 6.07) is 0. The second-order valence-corrected chi connectivity index (χ2v) is 4.72. The van der Waals surface area contributed by atoms with Crippen LogP contribution >= 0.6 is 0 Å². The van der Waals surface area contributed by atoms with E-state index in [1.807, 2.05) is 0 Å². The lowest BCUT2D eigenvalue weighted by molar-refractivity contribution is 0.266.